The van der Waals surface area contributed by atoms with Gasteiger partial charge in [0.25, 0.3) is 20.2 Å². The molecule has 7 N–H and O–H groups in total. The van der Waals surface area contributed by atoms with Crippen molar-refractivity contribution >= 4 is 62.7 Å². The van der Waals surface area contributed by atoms with Crippen molar-refractivity contribution in [1.82, 2.24) is 0 Å². The molecule has 2 aromatic rings. The second-order valence-electron chi connectivity index (χ2n) is 7.45. The first-order valence-corrected chi connectivity index (χ1v) is 16.5. The number of aliphatic hydroxyl groups excluding tert-OH is 1. The van der Waals surface area contributed by atoms with E-state index in [2.05, 4.69) is 10.6 Å². The summed E-state index contributed by atoms with van der Waals surface area (Å²) in [6.07, 6.45) is 0. The summed E-state index contributed by atoms with van der Waals surface area (Å²) in [4.78, 5) is -0.746. The first kappa shape index (κ1) is 29.7. The van der Waals surface area contributed by atoms with Gasteiger partial charge < -0.3 is 21.5 Å². The Morgan fingerprint density at radius 3 is 1.83 bits per heavy atom. The summed E-state index contributed by atoms with van der Waals surface area (Å²) in [5.74, 6) is -3.38. The highest BCUT2D eigenvalue weighted by Crippen LogP contribution is 2.32. The maximum absolute atomic E-state index is 12.7. The maximum atomic E-state index is 12.7. The van der Waals surface area contributed by atoms with Crippen molar-refractivity contribution in [2.24, 2.45) is 0 Å². The molecule has 2 rings (SSSR count). The molecular weight excluding hydrogens is 562 g/mol. The normalized spacial score (nSPS) is 12.9. The quantitative estimate of drug-likeness (QED) is 0.131. The van der Waals surface area contributed by atoms with Crippen LogP contribution in [0.25, 0.3) is 0 Å². The van der Waals surface area contributed by atoms with Gasteiger partial charge in [-0.25, -0.2) is 16.8 Å². The van der Waals surface area contributed by atoms with Crippen molar-refractivity contribution in [3.05, 3.63) is 36.4 Å². The first-order chi connectivity index (χ1) is 16.4. The number of nitrogens with two attached hydrogens (primary N) is 1. The highest BCUT2D eigenvalue weighted by atomic mass is 32.2. The van der Waals surface area contributed by atoms with Gasteiger partial charge in [-0.1, -0.05) is 0 Å². The third-order valence-corrected chi connectivity index (χ3v) is 9.76. The number of sulfone groups is 2. The molecule has 202 valence electrons. The van der Waals surface area contributed by atoms with Crippen molar-refractivity contribution in [2.75, 3.05) is 52.5 Å². The van der Waals surface area contributed by atoms with Crippen molar-refractivity contribution < 1.29 is 47.9 Å². The molecule has 0 unspecified atom stereocenters. The average molecular weight is 588 g/mol. The molecule has 0 spiro atoms. The van der Waals surface area contributed by atoms with Crippen molar-refractivity contribution in [3.8, 4) is 0 Å². The van der Waals surface area contributed by atoms with Gasteiger partial charge in [0.1, 0.15) is 0 Å². The summed E-state index contributed by atoms with van der Waals surface area (Å²) >= 11 is 0. The highest BCUT2D eigenvalue weighted by Gasteiger charge is 2.24. The van der Waals surface area contributed by atoms with Crippen molar-refractivity contribution in [3.63, 3.8) is 0 Å². The molecule has 0 aliphatic heterocycles. The second kappa shape index (κ2) is 11.3. The van der Waals surface area contributed by atoms with E-state index >= 15 is 0 Å². The molecule has 0 bridgehead atoms. The minimum atomic E-state index is -4.57. The number of nitrogen functional groups attached to an aromatic ring is 1. The van der Waals surface area contributed by atoms with E-state index in [1.807, 2.05) is 0 Å². The Balaban J connectivity index is 2.49. The Morgan fingerprint density at radius 1 is 0.694 bits per heavy atom. The number of nitrogens with one attached hydrogen (secondary N) is 2. The van der Waals surface area contributed by atoms with Crippen LogP contribution in [0.3, 0.4) is 0 Å². The molecule has 0 atom stereocenters. The van der Waals surface area contributed by atoms with E-state index < -0.39 is 74.4 Å². The number of hydrogen-bond donors (Lipinski definition) is 6. The monoisotopic (exact) mass is 587 g/mol. The minimum Gasteiger partial charge on any atom is -0.399 e. The summed E-state index contributed by atoms with van der Waals surface area (Å²) in [5.41, 5.74) is 5.69. The van der Waals surface area contributed by atoms with Gasteiger partial charge >= 0.3 is 0 Å². The van der Waals surface area contributed by atoms with Gasteiger partial charge in [0.05, 0.1) is 50.8 Å². The Labute approximate surface area is 208 Å². The van der Waals surface area contributed by atoms with Gasteiger partial charge in [0.15, 0.2) is 19.7 Å². The molecule has 0 saturated carbocycles. The van der Waals surface area contributed by atoms with E-state index in [9.17, 15) is 33.7 Å². The van der Waals surface area contributed by atoms with Crippen molar-refractivity contribution in [1.29, 1.82) is 0 Å². The minimum absolute atomic E-state index is 0.0315. The van der Waals surface area contributed by atoms with Crippen LogP contribution in [0.15, 0.2) is 46.2 Å². The van der Waals surface area contributed by atoms with E-state index in [-0.39, 0.29) is 34.2 Å². The molecule has 18 heteroatoms. The summed E-state index contributed by atoms with van der Waals surface area (Å²) < 4.78 is 113. The van der Waals surface area contributed by atoms with Crippen LogP contribution in [0.2, 0.25) is 0 Å². The molecule has 0 aliphatic rings. The maximum Gasteiger partial charge on any atom is 0.266 e. The second-order valence-corrected chi connectivity index (χ2v) is 14.8. The van der Waals surface area contributed by atoms with Gasteiger partial charge in [0.2, 0.25) is 0 Å². The van der Waals surface area contributed by atoms with Gasteiger partial charge in [-0.15, -0.1) is 0 Å². The van der Waals surface area contributed by atoms with Crippen LogP contribution in [0, 0.1) is 0 Å². The van der Waals surface area contributed by atoms with Crippen LogP contribution in [0.5, 0.6) is 0 Å². The summed E-state index contributed by atoms with van der Waals surface area (Å²) in [7, 11) is -17.3. The Bertz CT molecular complexity index is 1540. The fourth-order valence-corrected chi connectivity index (χ4v) is 7.24. The molecule has 0 saturated heterocycles. The zero-order chi connectivity index (χ0) is 27.4. The van der Waals surface area contributed by atoms with Crippen LogP contribution in [-0.2, 0) is 39.9 Å². The number of aliphatic hydroxyl groups is 1. The smallest absolute Gasteiger partial charge is 0.266 e. The highest BCUT2D eigenvalue weighted by molar-refractivity contribution is 7.93. The summed E-state index contributed by atoms with van der Waals surface area (Å²) in [5, 5.41) is 14.4. The molecular formula is C18H25N3O11S4. The number of hydrogen-bond acceptors (Lipinski definition) is 12. The number of anilines is 4. The molecule has 0 aliphatic carbocycles. The molecule has 36 heavy (non-hydrogen) atoms. The zero-order valence-electron chi connectivity index (χ0n) is 18.5. The first-order valence-electron chi connectivity index (χ1n) is 9.95. The summed E-state index contributed by atoms with van der Waals surface area (Å²) in [6, 6.07) is 7.41. The van der Waals surface area contributed by atoms with E-state index in [4.69, 9.17) is 19.9 Å². The number of benzene rings is 2. The predicted octanol–water partition coefficient (Wildman–Crippen LogP) is -0.260. The predicted molar refractivity (Wildman–Crippen MR) is 133 cm³/mol. The molecule has 0 aromatic heterocycles. The average Bonchev–Trinajstić information content (AvgIpc) is 2.73. The molecule has 0 heterocycles. The lowest BCUT2D eigenvalue weighted by atomic mass is 10.2. The topological polar surface area (TPSA) is 247 Å². The fraction of sp³-hybridized carbons (Fsp3) is 0.333. The third-order valence-electron chi connectivity index (χ3n) is 4.58. The lowest BCUT2D eigenvalue weighted by Crippen LogP contribution is -2.18. The van der Waals surface area contributed by atoms with Gasteiger partial charge in [-0.2, -0.15) is 16.8 Å². The zero-order valence-corrected chi connectivity index (χ0v) is 21.8. The number of rotatable bonds is 13. The summed E-state index contributed by atoms with van der Waals surface area (Å²) in [6.45, 7) is -1.04. The van der Waals surface area contributed by atoms with Crippen LogP contribution in [-0.4, -0.2) is 84.0 Å². The third kappa shape index (κ3) is 8.87. The molecule has 0 radical (unpaired) electrons. The van der Waals surface area contributed by atoms with Crippen molar-refractivity contribution in [2.45, 2.75) is 9.79 Å². The van der Waals surface area contributed by atoms with E-state index in [1.165, 1.54) is 24.3 Å². The van der Waals surface area contributed by atoms with Crippen LogP contribution >= 0.6 is 0 Å². The van der Waals surface area contributed by atoms with Crippen LogP contribution in [0.4, 0.5) is 22.7 Å². The van der Waals surface area contributed by atoms with Gasteiger partial charge in [-0.05, 0) is 36.4 Å². The van der Waals surface area contributed by atoms with E-state index in [0.717, 1.165) is 12.1 Å². The molecule has 14 nitrogen and oxygen atoms in total. The largest absolute Gasteiger partial charge is 0.399 e. The fourth-order valence-electron chi connectivity index (χ4n) is 2.93. The SMILES string of the molecule is Nc1ccc(Nc2ccc(NCCS(=O)(=O)O)c(S(=O)(=O)CCO)c2)c(S(=O)(=O)CCS(=O)(=O)O)c1. The Hall–Kier alpha value is -2.48. The van der Waals surface area contributed by atoms with Gasteiger partial charge in [0, 0.05) is 17.9 Å². The van der Waals surface area contributed by atoms with Crippen LogP contribution < -0.4 is 16.4 Å². The lowest BCUT2D eigenvalue weighted by Gasteiger charge is -2.17. The standard InChI is InChI=1S/C18H25N3O11S4/c19-13-1-3-16(17(11-13)34(25,26)9-10-36(30,31)32)21-14-2-4-15(20-5-7-35(27,28)29)18(12-14)33(23,24)8-6-22/h1-4,11-12,20-22H,5-10,19H2,(H,27,28,29)(H,30,31,32). The molecule has 0 amide bonds. The van der Waals surface area contributed by atoms with E-state index in [0.29, 0.717) is 0 Å². The lowest BCUT2D eigenvalue weighted by molar-refractivity contribution is 0.319. The van der Waals surface area contributed by atoms with Crippen LogP contribution in [0.1, 0.15) is 0 Å². The molecule has 0 fully saturated rings. The Morgan fingerprint density at radius 2 is 1.25 bits per heavy atom. The van der Waals surface area contributed by atoms with Gasteiger partial charge in [-0.3, -0.25) is 9.11 Å². The molecule has 2 aromatic carbocycles. The Kier molecular flexibility index (Phi) is 9.32. The van der Waals surface area contributed by atoms with E-state index in [1.54, 1.807) is 0 Å².